The molecule has 1 fully saturated rings. The first kappa shape index (κ1) is 26.6. The molecule has 0 saturated heterocycles. The molecule has 4 aromatic rings. The highest BCUT2D eigenvalue weighted by atomic mass is 19.1. The van der Waals surface area contributed by atoms with Crippen molar-refractivity contribution in [2.45, 2.75) is 63.6 Å². The van der Waals surface area contributed by atoms with Crippen LogP contribution in [0.2, 0.25) is 0 Å². The van der Waals surface area contributed by atoms with Crippen LogP contribution in [0.4, 0.5) is 4.39 Å². The minimum Gasteiger partial charge on any atom is -0.352 e. The van der Waals surface area contributed by atoms with Crippen molar-refractivity contribution in [3.63, 3.8) is 0 Å². The molecule has 0 radical (unpaired) electrons. The van der Waals surface area contributed by atoms with E-state index in [1.165, 1.54) is 12.1 Å². The summed E-state index contributed by atoms with van der Waals surface area (Å²) in [5.41, 5.74) is 2.90. The first-order valence-corrected chi connectivity index (χ1v) is 13.9. The Balaban J connectivity index is 1.43. The van der Waals surface area contributed by atoms with Crippen LogP contribution in [0.3, 0.4) is 0 Å². The Bertz CT molecular complexity index is 1390. The Morgan fingerprint density at radius 2 is 1.51 bits per heavy atom. The van der Waals surface area contributed by atoms with Crippen molar-refractivity contribution in [3.8, 4) is 0 Å². The number of nitrogens with zero attached hydrogens (tertiary/aromatic N) is 1. The minimum atomic E-state index is -0.668. The molecule has 1 atom stereocenters. The molecule has 0 unspecified atom stereocenters. The Kier molecular flexibility index (Phi) is 8.67. The second-order valence-corrected chi connectivity index (χ2v) is 10.5. The average Bonchev–Trinajstić information content (AvgIpc) is 3.48. The maximum atomic E-state index is 14.0. The lowest BCUT2D eigenvalue weighted by molar-refractivity contribution is -0.141. The SMILES string of the molecule is O=C(NC1CCCC1)[C@@H](Cc1ccccc1)N(Cc1ccc(F)cc1)C(=O)CCc1cccc2ccccc12. The summed E-state index contributed by atoms with van der Waals surface area (Å²) in [6.45, 7) is 0.240. The van der Waals surface area contributed by atoms with Gasteiger partial charge in [-0.25, -0.2) is 4.39 Å². The van der Waals surface area contributed by atoms with Gasteiger partial charge < -0.3 is 10.2 Å². The van der Waals surface area contributed by atoms with Crippen LogP contribution in [0.1, 0.15) is 48.8 Å². The Morgan fingerprint density at radius 1 is 0.821 bits per heavy atom. The minimum absolute atomic E-state index is 0.0882. The number of aryl methyl sites for hydroxylation is 1. The number of carbonyl (C=O) groups is 2. The number of fused-ring (bicyclic) bond motifs is 1. The zero-order valence-corrected chi connectivity index (χ0v) is 22.2. The fourth-order valence-electron chi connectivity index (χ4n) is 5.60. The summed E-state index contributed by atoms with van der Waals surface area (Å²) in [6, 6.07) is 29.8. The molecular weight excluding hydrogens is 487 g/mol. The van der Waals surface area contributed by atoms with Crippen molar-refractivity contribution in [2.24, 2.45) is 0 Å². The van der Waals surface area contributed by atoms with Gasteiger partial charge in [0, 0.05) is 25.4 Å². The second-order valence-electron chi connectivity index (χ2n) is 10.5. The van der Waals surface area contributed by atoms with Gasteiger partial charge in [0.2, 0.25) is 11.8 Å². The van der Waals surface area contributed by atoms with E-state index in [0.29, 0.717) is 12.8 Å². The normalized spacial score (nSPS) is 14.3. The Labute approximate surface area is 229 Å². The van der Waals surface area contributed by atoms with Crippen molar-refractivity contribution in [1.82, 2.24) is 10.2 Å². The van der Waals surface area contributed by atoms with Crippen LogP contribution in [0.25, 0.3) is 10.8 Å². The highest BCUT2D eigenvalue weighted by Crippen LogP contribution is 2.23. The molecule has 0 heterocycles. The topological polar surface area (TPSA) is 49.4 Å². The monoisotopic (exact) mass is 522 g/mol. The van der Waals surface area contributed by atoms with E-state index in [1.807, 2.05) is 48.5 Å². The number of amides is 2. The molecular formula is C34H35FN2O2. The number of hydrogen-bond donors (Lipinski definition) is 1. The van der Waals surface area contributed by atoms with E-state index in [4.69, 9.17) is 0 Å². The molecule has 2 amide bonds. The van der Waals surface area contributed by atoms with Crippen molar-refractivity contribution in [1.29, 1.82) is 0 Å². The number of halogens is 1. The summed E-state index contributed by atoms with van der Waals surface area (Å²) in [6.07, 6.45) is 5.42. The van der Waals surface area contributed by atoms with E-state index in [0.717, 1.165) is 53.1 Å². The quantitative estimate of drug-likeness (QED) is 0.255. The molecule has 5 heteroatoms. The van der Waals surface area contributed by atoms with E-state index in [-0.39, 0.29) is 36.6 Å². The smallest absolute Gasteiger partial charge is 0.243 e. The van der Waals surface area contributed by atoms with E-state index in [1.54, 1.807) is 17.0 Å². The number of hydrogen-bond acceptors (Lipinski definition) is 2. The van der Waals surface area contributed by atoms with Crippen molar-refractivity contribution >= 4 is 22.6 Å². The number of rotatable bonds is 10. The van der Waals surface area contributed by atoms with Crippen molar-refractivity contribution in [3.05, 3.63) is 120 Å². The molecule has 1 aliphatic rings. The zero-order valence-electron chi connectivity index (χ0n) is 22.2. The van der Waals surface area contributed by atoms with Crippen molar-refractivity contribution < 1.29 is 14.0 Å². The first-order chi connectivity index (χ1) is 19.1. The highest BCUT2D eigenvalue weighted by molar-refractivity contribution is 5.89. The maximum absolute atomic E-state index is 14.0. The average molecular weight is 523 g/mol. The zero-order chi connectivity index (χ0) is 27.0. The molecule has 1 aliphatic carbocycles. The lowest BCUT2D eigenvalue weighted by atomic mass is 9.99. The van der Waals surface area contributed by atoms with E-state index >= 15 is 0 Å². The van der Waals surface area contributed by atoms with Gasteiger partial charge in [-0.2, -0.15) is 0 Å². The molecule has 200 valence electrons. The molecule has 0 aliphatic heterocycles. The van der Waals surface area contributed by atoms with Gasteiger partial charge in [-0.1, -0.05) is 97.8 Å². The van der Waals surface area contributed by atoms with Crippen LogP contribution in [0, 0.1) is 5.82 Å². The molecule has 1 N–H and O–H groups in total. The van der Waals surface area contributed by atoms with Gasteiger partial charge >= 0.3 is 0 Å². The van der Waals surface area contributed by atoms with Gasteiger partial charge in [0.1, 0.15) is 11.9 Å². The molecule has 5 rings (SSSR count). The predicted octanol–water partition coefficient (Wildman–Crippen LogP) is 6.61. The summed E-state index contributed by atoms with van der Waals surface area (Å²) in [7, 11) is 0. The largest absolute Gasteiger partial charge is 0.352 e. The van der Waals surface area contributed by atoms with Crippen LogP contribution < -0.4 is 5.32 Å². The fraction of sp³-hybridized carbons (Fsp3) is 0.294. The Morgan fingerprint density at radius 3 is 2.28 bits per heavy atom. The molecule has 39 heavy (non-hydrogen) atoms. The molecule has 0 aromatic heterocycles. The van der Waals surface area contributed by atoms with Gasteiger partial charge in [-0.05, 0) is 58.9 Å². The lowest BCUT2D eigenvalue weighted by Crippen LogP contribution is -2.52. The summed E-state index contributed by atoms with van der Waals surface area (Å²) in [5.74, 6) is -0.534. The molecule has 0 spiro atoms. The summed E-state index contributed by atoms with van der Waals surface area (Å²) in [5, 5.41) is 5.51. The van der Waals surface area contributed by atoms with Gasteiger partial charge in [0.15, 0.2) is 0 Å². The van der Waals surface area contributed by atoms with E-state index < -0.39 is 6.04 Å². The third-order valence-corrected chi connectivity index (χ3v) is 7.73. The maximum Gasteiger partial charge on any atom is 0.243 e. The summed E-state index contributed by atoms with van der Waals surface area (Å²) >= 11 is 0. The van der Waals surface area contributed by atoms with Crippen LogP contribution in [-0.4, -0.2) is 28.8 Å². The van der Waals surface area contributed by atoms with Gasteiger partial charge in [0.05, 0.1) is 0 Å². The van der Waals surface area contributed by atoms with Crippen LogP contribution in [0.5, 0.6) is 0 Å². The summed E-state index contributed by atoms with van der Waals surface area (Å²) < 4.78 is 13.7. The molecule has 1 saturated carbocycles. The third kappa shape index (κ3) is 6.91. The third-order valence-electron chi connectivity index (χ3n) is 7.73. The van der Waals surface area contributed by atoms with Crippen LogP contribution >= 0.6 is 0 Å². The van der Waals surface area contributed by atoms with Crippen molar-refractivity contribution in [2.75, 3.05) is 0 Å². The highest BCUT2D eigenvalue weighted by Gasteiger charge is 2.32. The number of carbonyl (C=O) groups excluding carboxylic acids is 2. The standard InChI is InChI=1S/C34H35FN2O2/c35-29-20-17-26(18-21-29)24-37(33(38)22-19-28-13-8-12-27-11-4-7-16-31(27)28)32(23-25-9-2-1-3-10-25)34(39)36-30-14-5-6-15-30/h1-4,7-13,16-18,20-21,30,32H,5-6,14-15,19,22-24H2,(H,36,39)/t32-/m1/s1. The fourth-order valence-corrected chi connectivity index (χ4v) is 5.60. The lowest BCUT2D eigenvalue weighted by Gasteiger charge is -2.32. The van der Waals surface area contributed by atoms with Crippen LogP contribution in [0.15, 0.2) is 97.1 Å². The predicted molar refractivity (Wildman–Crippen MR) is 154 cm³/mol. The van der Waals surface area contributed by atoms with E-state index in [9.17, 15) is 14.0 Å². The Hall–Kier alpha value is -3.99. The summed E-state index contributed by atoms with van der Waals surface area (Å²) in [4.78, 5) is 29.5. The van der Waals surface area contributed by atoms with Crippen LogP contribution in [-0.2, 0) is 29.0 Å². The van der Waals surface area contributed by atoms with E-state index in [2.05, 4.69) is 29.6 Å². The molecule has 4 aromatic carbocycles. The number of benzene rings is 4. The van der Waals surface area contributed by atoms with Gasteiger partial charge in [0.25, 0.3) is 0 Å². The molecule has 4 nitrogen and oxygen atoms in total. The first-order valence-electron chi connectivity index (χ1n) is 13.9. The second kappa shape index (κ2) is 12.7. The number of nitrogens with one attached hydrogen (secondary N) is 1. The van der Waals surface area contributed by atoms with Gasteiger partial charge in [-0.3, -0.25) is 9.59 Å². The molecule has 0 bridgehead atoms. The van der Waals surface area contributed by atoms with Gasteiger partial charge in [-0.15, -0.1) is 0 Å².